The molecule has 2 aliphatic heterocycles. The van der Waals surface area contributed by atoms with E-state index in [0.29, 0.717) is 33.0 Å². The Hall–Kier alpha value is -0.220. The first-order chi connectivity index (χ1) is 24.5. The van der Waals surface area contributed by atoms with Crippen LogP contribution in [0.5, 0.6) is 0 Å². The van der Waals surface area contributed by atoms with Crippen molar-refractivity contribution in [2.24, 2.45) is 0 Å². The Kier molecular flexibility index (Phi) is 24.4. The van der Waals surface area contributed by atoms with Gasteiger partial charge < -0.3 is 53.1 Å². The minimum atomic E-state index is -1.78. The van der Waals surface area contributed by atoms with Crippen LogP contribution in [-0.4, -0.2) is 129 Å². The van der Waals surface area contributed by atoms with E-state index < -0.39 is 77.7 Å². The largest absolute Gasteiger partial charge is 0.445 e. The van der Waals surface area contributed by atoms with Crippen LogP contribution < -0.4 is 5.32 Å². The Balaban J connectivity index is 2.48. The lowest BCUT2D eigenvalue weighted by Crippen LogP contribution is -2.68. The van der Waals surface area contributed by atoms with Crippen LogP contribution in [0.15, 0.2) is 0 Å². The summed E-state index contributed by atoms with van der Waals surface area (Å²) in [6, 6.07) is -0.739. The number of carbonyl (C=O) groups excluding carboxylic acids is 1. The van der Waals surface area contributed by atoms with Crippen molar-refractivity contribution in [2.75, 3.05) is 52.9 Å². The van der Waals surface area contributed by atoms with Gasteiger partial charge in [-0.05, 0) is 39.0 Å². The molecule has 0 aromatic rings. The van der Waals surface area contributed by atoms with Crippen LogP contribution in [0.25, 0.3) is 0 Å². The van der Waals surface area contributed by atoms with Crippen LogP contribution in [0, 0.1) is 0 Å². The summed E-state index contributed by atoms with van der Waals surface area (Å²) in [5.74, 6) is 0. The number of amides is 1. The van der Waals surface area contributed by atoms with E-state index in [9.17, 15) is 9.90 Å². The maximum absolute atomic E-state index is 13.0. The van der Waals surface area contributed by atoms with Gasteiger partial charge in [0.05, 0.1) is 25.4 Å². The number of alkyl halides is 3. The van der Waals surface area contributed by atoms with E-state index in [0.717, 1.165) is 64.2 Å². The number of aliphatic hydroxyl groups is 1. The number of hydrogen-bond donors (Lipinski definition) is 2. The molecule has 2 N–H and O–H groups in total. The van der Waals surface area contributed by atoms with Crippen LogP contribution in [0.4, 0.5) is 4.79 Å². The average Bonchev–Trinajstić information content (AvgIpc) is 3.09. The molecule has 2 fully saturated rings. The van der Waals surface area contributed by atoms with Gasteiger partial charge in [0.15, 0.2) is 6.29 Å². The predicted molar refractivity (Wildman–Crippen MR) is 198 cm³/mol. The van der Waals surface area contributed by atoms with Crippen molar-refractivity contribution in [3.8, 4) is 0 Å². The number of carbonyl (C=O) groups is 1. The summed E-state index contributed by atoms with van der Waals surface area (Å²) in [5, 5.41) is 14.8. The lowest BCUT2D eigenvalue weighted by Gasteiger charge is -2.49. The van der Waals surface area contributed by atoms with Crippen LogP contribution in [0.2, 0.25) is 0 Å². The summed E-state index contributed by atoms with van der Waals surface area (Å²) in [7, 11) is 0. The summed E-state index contributed by atoms with van der Waals surface area (Å²) in [5.41, 5.74) is 0. The Morgan fingerprint density at radius 1 is 0.686 bits per heavy atom. The highest BCUT2D eigenvalue weighted by molar-refractivity contribution is 6.67. The molecule has 0 aromatic carbocycles. The van der Waals surface area contributed by atoms with Crippen molar-refractivity contribution in [1.82, 2.24) is 5.32 Å². The fourth-order valence-electron chi connectivity index (χ4n) is 5.81. The van der Waals surface area contributed by atoms with Gasteiger partial charge in [-0.1, -0.05) is 102 Å². The monoisotopic (exact) mass is 793 g/mol. The van der Waals surface area contributed by atoms with E-state index in [1.54, 1.807) is 0 Å². The third-order valence-electron chi connectivity index (χ3n) is 8.77. The molecule has 51 heavy (non-hydrogen) atoms. The Labute approximate surface area is 321 Å². The number of nitrogens with one attached hydrogen (secondary N) is 1. The standard InChI is InChI=1S/C36H66Cl3NO11/c1-7-12-17-43-22-26-30(45-19-14-9-3)33(47-21-16-11-5)29(41)34(50-26)51-31-27(23-44-18-13-8-2)49-25(6)28(32(31)46-20-15-10-4)40-35(42)48-24-36(37,38)39/h25-34,41H,7-24H2,1-6H3,(H,40,42)/t25-,26?,27?,28?,29-,30-,31+,32+,33?,34-/m0/s1. The first-order valence-corrected chi connectivity index (χ1v) is 20.3. The Bertz CT molecular complexity index is 905. The molecular weight excluding hydrogens is 729 g/mol. The fourth-order valence-corrected chi connectivity index (χ4v) is 5.98. The predicted octanol–water partition coefficient (Wildman–Crippen LogP) is 6.90. The second-order valence-corrected chi connectivity index (χ2v) is 15.8. The van der Waals surface area contributed by atoms with Gasteiger partial charge in [-0.15, -0.1) is 0 Å². The minimum Gasteiger partial charge on any atom is -0.445 e. The lowest BCUT2D eigenvalue weighted by molar-refractivity contribution is -0.347. The van der Waals surface area contributed by atoms with Crippen LogP contribution in [0.3, 0.4) is 0 Å². The summed E-state index contributed by atoms with van der Waals surface area (Å²) in [6.45, 7) is 14.6. The normalized spacial score (nSPS) is 30.0. The van der Waals surface area contributed by atoms with Gasteiger partial charge in [-0.3, -0.25) is 0 Å². The van der Waals surface area contributed by atoms with Gasteiger partial charge in [0.1, 0.15) is 49.3 Å². The van der Waals surface area contributed by atoms with Gasteiger partial charge in [0.2, 0.25) is 3.79 Å². The first kappa shape index (κ1) is 46.9. The highest BCUT2D eigenvalue weighted by atomic mass is 35.6. The molecule has 1 amide bonds. The van der Waals surface area contributed by atoms with E-state index in [-0.39, 0.29) is 13.2 Å². The van der Waals surface area contributed by atoms with E-state index in [1.807, 2.05) is 6.92 Å². The van der Waals surface area contributed by atoms with Crippen molar-refractivity contribution in [2.45, 2.75) is 171 Å². The second-order valence-electron chi connectivity index (χ2n) is 13.3. The minimum absolute atomic E-state index is 0.193. The van der Waals surface area contributed by atoms with Crippen LogP contribution >= 0.6 is 34.8 Å². The third kappa shape index (κ3) is 17.4. The van der Waals surface area contributed by atoms with Gasteiger partial charge in [-0.2, -0.15) is 0 Å². The molecule has 2 aliphatic rings. The molecule has 4 unspecified atom stereocenters. The molecule has 15 heteroatoms. The van der Waals surface area contributed by atoms with Gasteiger partial charge in [-0.25, -0.2) is 4.79 Å². The van der Waals surface area contributed by atoms with Crippen LogP contribution in [-0.2, 0) is 42.6 Å². The molecule has 10 atom stereocenters. The molecule has 0 spiro atoms. The summed E-state index contributed by atoms with van der Waals surface area (Å²) >= 11 is 17.5. The SMILES string of the molecule is CCCCOCC1O[C@@H](O[C@@H]2C(COCCCC)O[C@@H](C)C(NC(=O)OCC(Cl)(Cl)Cl)[C@H]2OCCCC)[C@@H](O)C(OCCCC)[C@H]1OCCCC. The Morgan fingerprint density at radius 3 is 1.67 bits per heavy atom. The van der Waals surface area contributed by atoms with Crippen molar-refractivity contribution in [3.63, 3.8) is 0 Å². The van der Waals surface area contributed by atoms with Gasteiger partial charge >= 0.3 is 6.09 Å². The first-order valence-electron chi connectivity index (χ1n) is 19.2. The molecule has 0 saturated carbocycles. The topological polar surface area (TPSA) is 132 Å². The summed E-state index contributed by atoms with van der Waals surface area (Å²) in [4.78, 5) is 13.0. The summed E-state index contributed by atoms with van der Waals surface area (Å²) < 4.78 is 54.4. The molecule has 2 rings (SSSR count). The molecule has 0 aliphatic carbocycles. The number of ether oxygens (including phenoxy) is 9. The molecule has 0 radical (unpaired) electrons. The van der Waals surface area contributed by atoms with Crippen LogP contribution in [0.1, 0.15) is 106 Å². The van der Waals surface area contributed by atoms with Crippen molar-refractivity contribution in [3.05, 3.63) is 0 Å². The fraction of sp³-hybridized carbons (Fsp3) is 0.972. The van der Waals surface area contributed by atoms with Gasteiger partial charge in [0, 0.05) is 33.0 Å². The smallest absolute Gasteiger partial charge is 0.407 e. The van der Waals surface area contributed by atoms with E-state index in [1.165, 1.54) is 0 Å². The maximum Gasteiger partial charge on any atom is 0.407 e. The molecule has 12 nitrogen and oxygen atoms in total. The number of hydrogen-bond acceptors (Lipinski definition) is 11. The lowest BCUT2D eigenvalue weighted by atomic mass is 9.92. The number of alkyl carbamates (subject to hydrolysis) is 1. The van der Waals surface area contributed by atoms with E-state index >= 15 is 0 Å². The van der Waals surface area contributed by atoms with E-state index in [4.69, 9.17) is 77.4 Å². The number of rotatable bonds is 26. The quantitative estimate of drug-likeness (QED) is 0.0701. The van der Waals surface area contributed by atoms with Crippen molar-refractivity contribution < 1.29 is 52.5 Å². The van der Waals surface area contributed by atoms with E-state index in [2.05, 4.69) is 39.9 Å². The highest BCUT2D eigenvalue weighted by Gasteiger charge is 2.52. The number of unbranched alkanes of at least 4 members (excludes halogenated alkanes) is 5. The molecular formula is C36H66Cl3NO11. The van der Waals surface area contributed by atoms with Crippen molar-refractivity contribution >= 4 is 40.9 Å². The van der Waals surface area contributed by atoms with Crippen molar-refractivity contribution in [1.29, 1.82) is 0 Å². The zero-order valence-corrected chi connectivity index (χ0v) is 33.9. The Morgan fingerprint density at radius 2 is 1.16 bits per heavy atom. The molecule has 2 heterocycles. The second kappa shape index (κ2) is 26.6. The maximum atomic E-state index is 13.0. The molecule has 0 bridgehead atoms. The summed E-state index contributed by atoms with van der Waals surface area (Å²) in [6.07, 6.45) is 1.03. The zero-order chi connectivity index (χ0) is 37.6. The van der Waals surface area contributed by atoms with Gasteiger partial charge in [0.25, 0.3) is 0 Å². The average molecular weight is 795 g/mol. The highest BCUT2D eigenvalue weighted by Crippen LogP contribution is 2.33. The number of halogens is 3. The zero-order valence-electron chi connectivity index (χ0n) is 31.7. The third-order valence-corrected chi connectivity index (χ3v) is 9.10. The molecule has 302 valence electrons. The molecule has 0 aromatic heterocycles. The number of aliphatic hydroxyl groups excluding tert-OH is 1. The molecule has 2 saturated heterocycles.